The molecule has 4 aromatic carbocycles. The number of alkyl carbamates (subject to hydrolysis) is 1. The lowest BCUT2D eigenvalue weighted by Crippen LogP contribution is -2.50. The van der Waals surface area contributed by atoms with Crippen LogP contribution in [0.25, 0.3) is 0 Å². The Bertz CT molecular complexity index is 2190. The summed E-state index contributed by atoms with van der Waals surface area (Å²) in [6.45, 7) is 4.95. The number of anilines is 2. The van der Waals surface area contributed by atoms with Crippen molar-refractivity contribution in [1.82, 2.24) is 10.2 Å². The highest BCUT2D eigenvalue weighted by Crippen LogP contribution is 2.52. The highest BCUT2D eigenvalue weighted by Gasteiger charge is 2.57. The fourth-order valence-corrected chi connectivity index (χ4v) is 8.68. The molecular formula is C40H43Cl2N5O8S. The molecule has 13 nitrogen and oxygen atoms in total. The molecular weight excluding hydrogens is 781 g/mol. The van der Waals surface area contributed by atoms with Crippen molar-refractivity contribution in [2.45, 2.75) is 56.1 Å². The van der Waals surface area contributed by atoms with Crippen molar-refractivity contribution < 1.29 is 37.1 Å². The van der Waals surface area contributed by atoms with Crippen LogP contribution in [-0.4, -0.2) is 64.1 Å². The minimum Gasteiger partial charge on any atom is -0.469 e. The van der Waals surface area contributed by atoms with Crippen molar-refractivity contribution >= 4 is 68.6 Å². The Kier molecular flexibility index (Phi) is 13.6. The highest BCUT2D eigenvalue weighted by molar-refractivity contribution is 7.93. The van der Waals surface area contributed by atoms with Gasteiger partial charge >= 0.3 is 18.1 Å². The van der Waals surface area contributed by atoms with Crippen molar-refractivity contribution in [1.29, 1.82) is 0 Å². The van der Waals surface area contributed by atoms with Gasteiger partial charge in [-0.1, -0.05) is 78.2 Å². The maximum atomic E-state index is 14.7. The van der Waals surface area contributed by atoms with Crippen LogP contribution in [0.2, 0.25) is 10.0 Å². The number of ether oxygens (including phenoxy) is 2. The summed E-state index contributed by atoms with van der Waals surface area (Å²) in [6, 6.07) is 23.2. The van der Waals surface area contributed by atoms with Gasteiger partial charge in [-0.15, -0.1) is 0 Å². The fraction of sp³-hybridized carbons (Fsp3) is 0.300. The lowest BCUT2D eigenvalue weighted by molar-refractivity contribution is -0.142. The number of benzene rings is 4. The molecule has 0 saturated carbocycles. The van der Waals surface area contributed by atoms with Crippen LogP contribution in [-0.2, 0) is 41.2 Å². The number of hydrogen-bond donors (Lipinski definition) is 3. The van der Waals surface area contributed by atoms with Crippen molar-refractivity contribution in [2.75, 3.05) is 36.4 Å². The van der Waals surface area contributed by atoms with Gasteiger partial charge in [0.2, 0.25) is 0 Å². The summed E-state index contributed by atoms with van der Waals surface area (Å²) in [5.74, 6) is -2.86. The maximum absolute atomic E-state index is 14.7. The van der Waals surface area contributed by atoms with Crippen molar-refractivity contribution in [3.05, 3.63) is 123 Å². The Morgan fingerprint density at radius 1 is 0.893 bits per heavy atom. The molecule has 2 unspecified atom stereocenters. The van der Waals surface area contributed by atoms with Crippen molar-refractivity contribution in [3.63, 3.8) is 0 Å². The summed E-state index contributed by atoms with van der Waals surface area (Å²) in [7, 11) is -3.47. The number of urea groups is 1. The van der Waals surface area contributed by atoms with Gasteiger partial charge in [0.05, 0.1) is 23.6 Å². The first-order chi connectivity index (χ1) is 26.8. The second kappa shape index (κ2) is 18.2. The molecule has 4 N–H and O–H groups in total. The van der Waals surface area contributed by atoms with E-state index in [2.05, 4.69) is 10.6 Å². The number of nitrogens with zero attached hydrogens (tertiary/aromatic N) is 2. The topological polar surface area (TPSA) is 177 Å². The van der Waals surface area contributed by atoms with E-state index in [4.69, 9.17) is 38.4 Å². The molecule has 4 amide bonds. The van der Waals surface area contributed by atoms with Gasteiger partial charge in [0.1, 0.15) is 6.61 Å². The molecule has 4 aromatic rings. The second-order valence-electron chi connectivity index (χ2n) is 12.9. The smallest absolute Gasteiger partial charge is 0.407 e. The number of amides is 4. The summed E-state index contributed by atoms with van der Waals surface area (Å²) in [6.07, 6.45) is 0.317. The normalized spacial score (nSPS) is 15.5. The highest BCUT2D eigenvalue weighted by atomic mass is 35.5. The molecule has 1 aliphatic heterocycles. The predicted molar refractivity (Wildman–Crippen MR) is 214 cm³/mol. The van der Waals surface area contributed by atoms with Crippen molar-refractivity contribution in [2.24, 2.45) is 5.73 Å². The summed E-state index contributed by atoms with van der Waals surface area (Å²) < 4.78 is 40.0. The summed E-state index contributed by atoms with van der Waals surface area (Å²) in [5, 5.41) is 5.55. The molecule has 0 aliphatic carbocycles. The average molecular weight is 825 g/mol. The number of sulfonamides is 1. The molecule has 56 heavy (non-hydrogen) atoms. The molecule has 16 heteroatoms. The van der Waals surface area contributed by atoms with E-state index in [0.29, 0.717) is 35.9 Å². The van der Waals surface area contributed by atoms with Crippen LogP contribution in [0, 0.1) is 0 Å². The molecule has 1 aliphatic rings. The first-order valence-electron chi connectivity index (χ1n) is 17.9. The van der Waals surface area contributed by atoms with Gasteiger partial charge in [0, 0.05) is 46.5 Å². The molecule has 296 valence electrons. The number of hydrogen-bond acceptors (Lipinski definition) is 9. The van der Waals surface area contributed by atoms with Gasteiger partial charge in [-0.2, -0.15) is 0 Å². The third kappa shape index (κ3) is 8.63. The van der Waals surface area contributed by atoms with Crippen LogP contribution in [0.15, 0.2) is 95.9 Å². The molecule has 0 radical (unpaired) electrons. The molecule has 1 heterocycles. The molecule has 2 atom stereocenters. The zero-order valence-corrected chi connectivity index (χ0v) is 33.4. The Hall–Kier alpha value is -5.15. The lowest BCUT2D eigenvalue weighted by Gasteiger charge is -2.29. The second-order valence-corrected chi connectivity index (χ2v) is 15.5. The van der Waals surface area contributed by atoms with E-state index in [9.17, 15) is 27.6 Å². The quantitative estimate of drug-likeness (QED) is 0.0830. The number of unbranched alkanes of at least 4 members (excludes halogenated alkanes) is 1. The molecule has 5 rings (SSSR count). The van der Waals surface area contributed by atoms with E-state index in [1.54, 1.807) is 17.0 Å². The summed E-state index contributed by atoms with van der Waals surface area (Å²) in [5.41, 5.74) is 6.10. The van der Waals surface area contributed by atoms with Crippen molar-refractivity contribution in [3.8, 4) is 0 Å². The minimum atomic E-state index is -4.67. The number of esters is 1. The Morgan fingerprint density at radius 3 is 2.20 bits per heavy atom. The minimum absolute atomic E-state index is 0.0206. The number of carbonyl (C=O) groups excluding carboxylic acids is 4. The van der Waals surface area contributed by atoms with Gasteiger partial charge < -0.3 is 30.7 Å². The maximum Gasteiger partial charge on any atom is 0.407 e. The number of halogens is 2. The number of carbonyl (C=O) groups is 4. The van der Waals surface area contributed by atoms with Gasteiger partial charge in [-0.05, 0) is 80.3 Å². The van der Waals surface area contributed by atoms with Crippen LogP contribution >= 0.6 is 23.2 Å². The van der Waals surface area contributed by atoms with E-state index < -0.39 is 39.4 Å². The number of nitrogens with two attached hydrogens (primary N) is 1. The van der Waals surface area contributed by atoms with E-state index in [1.807, 2.05) is 44.2 Å². The Morgan fingerprint density at radius 2 is 1.55 bits per heavy atom. The first-order valence-corrected chi connectivity index (χ1v) is 20.1. The molecule has 0 fully saturated rings. The molecule has 0 saturated heterocycles. The number of methoxy groups -OCH3 is 1. The van der Waals surface area contributed by atoms with Crippen LogP contribution < -0.4 is 20.7 Å². The van der Waals surface area contributed by atoms with Crippen LogP contribution in [0.1, 0.15) is 61.3 Å². The predicted octanol–water partition coefficient (Wildman–Crippen LogP) is 7.16. The van der Waals surface area contributed by atoms with E-state index in [1.165, 1.54) is 55.6 Å². The van der Waals surface area contributed by atoms with Crippen LogP contribution in [0.3, 0.4) is 0 Å². The largest absolute Gasteiger partial charge is 0.469 e. The van der Waals surface area contributed by atoms with Gasteiger partial charge in [0.25, 0.3) is 15.9 Å². The van der Waals surface area contributed by atoms with E-state index in [0.717, 1.165) is 5.56 Å². The number of fused-ring (bicyclic) bond motifs is 1. The summed E-state index contributed by atoms with van der Waals surface area (Å²) in [4.78, 5) is 54.5. The number of nitrogens with one attached hydrogen (secondary N) is 2. The standard InChI is InChI=1S/C40H43Cl2N5O8S/c1-4-46(5-2)38(50)45-27-18-20-28(21-19-27)56(52,53)47-33-23-22-32(42)34(35(33)40(43,37(47)49)30-16-9-10-17-31(30)41)29(36(48)54-3)15-11-12-24-44-39(51)55-25-26-13-7-6-8-14-26/h6-10,13-14,16-23,29H,4-5,11-12,15,24-25,43H2,1-3H3,(H,44,51)(H,45,50). The van der Waals surface area contributed by atoms with Gasteiger partial charge in [0.15, 0.2) is 5.54 Å². The lowest BCUT2D eigenvalue weighted by atomic mass is 9.78. The number of rotatable bonds is 15. The van der Waals surface area contributed by atoms with Gasteiger partial charge in [-0.25, -0.2) is 22.3 Å². The Labute approximate surface area is 336 Å². The van der Waals surface area contributed by atoms with Crippen LogP contribution in [0.5, 0.6) is 0 Å². The zero-order chi connectivity index (χ0) is 40.6. The molecule has 0 bridgehead atoms. The van der Waals surface area contributed by atoms with E-state index >= 15 is 0 Å². The third-order valence-corrected chi connectivity index (χ3v) is 11.9. The summed E-state index contributed by atoms with van der Waals surface area (Å²) >= 11 is 13.5. The average Bonchev–Trinajstić information content (AvgIpc) is 3.43. The molecule has 0 spiro atoms. The zero-order valence-electron chi connectivity index (χ0n) is 31.1. The fourth-order valence-electron chi connectivity index (χ4n) is 6.64. The Balaban J connectivity index is 1.48. The third-order valence-electron chi connectivity index (χ3n) is 9.53. The van der Waals surface area contributed by atoms with Crippen LogP contribution in [0.4, 0.5) is 21.0 Å². The first kappa shape index (κ1) is 42.0. The SMILES string of the molecule is CCN(CC)C(=O)Nc1ccc(S(=O)(=O)N2C(=O)C(N)(c3ccccc3Cl)c3c2ccc(Cl)c3C(CCCCNC(=O)OCc2ccccc2)C(=O)OC)cc1. The van der Waals surface area contributed by atoms with Gasteiger partial charge in [-0.3, -0.25) is 9.59 Å². The monoisotopic (exact) mass is 823 g/mol. The van der Waals surface area contributed by atoms with E-state index in [-0.39, 0.29) is 62.9 Å². The molecule has 0 aromatic heterocycles.